The number of hydrogen-bond acceptors (Lipinski definition) is 4. The highest BCUT2D eigenvalue weighted by molar-refractivity contribution is 8.00. The summed E-state index contributed by atoms with van der Waals surface area (Å²) in [4.78, 5) is 15.3. The molecule has 1 amide bonds. The van der Waals surface area contributed by atoms with Gasteiger partial charge in [0.15, 0.2) is 6.61 Å². The minimum absolute atomic E-state index is 0.0123. The highest BCUT2D eigenvalue weighted by Gasteiger charge is 2.44. The van der Waals surface area contributed by atoms with E-state index in [1.807, 2.05) is 59.5 Å². The second kappa shape index (κ2) is 10.4. The lowest BCUT2D eigenvalue weighted by Gasteiger charge is -2.37. The molecule has 2 aliphatic rings. The summed E-state index contributed by atoms with van der Waals surface area (Å²) in [7, 11) is 1.64. The number of benzene rings is 2. The average Bonchev–Trinajstić information content (AvgIpc) is 3.04. The minimum atomic E-state index is 0.0123. The Kier molecular flexibility index (Phi) is 7.44. The summed E-state index contributed by atoms with van der Waals surface area (Å²) < 4.78 is 11.0. The van der Waals surface area contributed by atoms with Crippen LogP contribution in [0.2, 0.25) is 0 Å². The summed E-state index contributed by atoms with van der Waals surface area (Å²) >= 11 is 2.07. The number of carbonyl (C=O) groups excluding carboxylic acids is 1. The molecule has 1 unspecified atom stereocenters. The van der Waals surface area contributed by atoms with Gasteiger partial charge in [0.05, 0.1) is 7.11 Å². The third-order valence-corrected chi connectivity index (χ3v) is 8.33. The van der Waals surface area contributed by atoms with Gasteiger partial charge in [-0.05, 0) is 66.8 Å². The number of thioether (sulfide) groups is 1. The predicted octanol–water partition coefficient (Wildman–Crippen LogP) is 5.95. The molecule has 1 aliphatic carbocycles. The van der Waals surface area contributed by atoms with Crippen molar-refractivity contribution in [1.29, 1.82) is 0 Å². The first kappa shape index (κ1) is 22.1. The first-order chi connectivity index (χ1) is 15.2. The smallest absolute Gasteiger partial charge is 0.264 e. The molecule has 2 fully saturated rings. The summed E-state index contributed by atoms with van der Waals surface area (Å²) in [6, 6.07) is 17.4. The van der Waals surface area contributed by atoms with Crippen LogP contribution in [0.15, 0.2) is 54.6 Å². The number of methoxy groups -OCH3 is 1. The lowest BCUT2D eigenvalue weighted by molar-refractivity contribution is -0.120. The minimum Gasteiger partial charge on any atom is -0.497 e. The van der Waals surface area contributed by atoms with Gasteiger partial charge < -0.3 is 14.4 Å². The SMILES string of the molecule is COc1ccc(OCC(=O)N(CC2SCCC23CCCCCC3)c2ccccc2)cc1. The topological polar surface area (TPSA) is 38.8 Å². The molecular weight excluding hydrogens is 406 g/mol. The number of para-hydroxylation sites is 1. The number of nitrogens with zero attached hydrogens (tertiary/aromatic N) is 1. The lowest BCUT2D eigenvalue weighted by Crippen LogP contribution is -2.44. The van der Waals surface area contributed by atoms with E-state index in [4.69, 9.17) is 9.47 Å². The summed E-state index contributed by atoms with van der Waals surface area (Å²) in [5.74, 6) is 2.68. The molecule has 0 bridgehead atoms. The predicted molar refractivity (Wildman–Crippen MR) is 128 cm³/mol. The van der Waals surface area contributed by atoms with Crippen LogP contribution >= 0.6 is 11.8 Å². The van der Waals surface area contributed by atoms with Gasteiger partial charge in [-0.15, -0.1) is 0 Å². The Morgan fingerprint density at radius 1 is 0.968 bits per heavy atom. The number of ether oxygens (including phenoxy) is 2. The van der Waals surface area contributed by atoms with Crippen molar-refractivity contribution in [1.82, 2.24) is 0 Å². The van der Waals surface area contributed by atoms with Gasteiger partial charge in [0.25, 0.3) is 5.91 Å². The van der Waals surface area contributed by atoms with Gasteiger partial charge in [-0.1, -0.05) is 43.9 Å². The summed E-state index contributed by atoms with van der Waals surface area (Å²) in [5, 5.41) is 0.496. The van der Waals surface area contributed by atoms with E-state index in [1.165, 1.54) is 50.7 Å². The first-order valence-electron chi connectivity index (χ1n) is 11.4. The van der Waals surface area contributed by atoms with E-state index in [1.54, 1.807) is 7.11 Å². The summed E-state index contributed by atoms with van der Waals surface area (Å²) in [6.07, 6.45) is 9.29. The highest BCUT2D eigenvalue weighted by atomic mass is 32.2. The largest absolute Gasteiger partial charge is 0.497 e. The zero-order chi connectivity index (χ0) is 21.5. The van der Waals surface area contributed by atoms with E-state index in [0.29, 0.717) is 16.4 Å². The van der Waals surface area contributed by atoms with Crippen molar-refractivity contribution in [3.05, 3.63) is 54.6 Å². The second-order valence-corrected chi connectivity index (χ2v) is 10.0. The van der Waals surface area contributed by atoms with E-state index in [-0.39, 0.29) is 12.5 Å². The molecule has 4 nitrogen and oxygen atoms in total. The highest BCUT2D eigenvalue weighted by Crippen LogP contribution is 2.51. The van der Waals surface area contributed by atoms with E-state index in [0.717, 1.165) is 18.0 Å². The Balaban J connectivity index is 1.48. The normalized spacial score (nSPS) is 20.2. The average molecular weight is 440 g/mol. The molecule has 1 saturated heterocycles. The molecule has 1 spiro atoms. The maximum atomic E-state index is 13.3. The Morgan fingerprint density at radius 2 is 1.65 bits per heavy atom. The fourth-order valence-electron chi connectivity index (χ4n) is 5.01. The molecule has 2 aromatic rings. The van der Waals surface area contributed by atoms with Crippen LogP contribution in [0.3, 0.4) is 0 Å². The molecule has 2 aromatic carbocycles. The number of carbonyl (C=O) groups is 1. The molecule has 0 radical (unpaired) electrons. The molecule has 1 saturated carbocycles. The maximum Gasteiger partial charge on any atom is 0.264 e. The molecule has 1 aliphatic heterocycles. The fourth-order valence-corrected chi connectivity index (χ4v) is 6.78. The van der Waals surface area contributed by atoms with Crippen molar-refractivity contribution < 1.29 is 14.3 Å². The van der Waals surface area contributed by atoms with Crippen LogP contribution in [0.4, 0.5) is 5.69 Å². The Hall–Kier alpha value is -2.14. The van der Waals surface area contributed by atoms with Gasteiger partial charge in [0, 0.05) is 17.5 Å². The van der Waals surface area contributed by atoms with E-state index in [9.17, 15) is 4.79 Å². The molecular formula is C26H33NO3S. The van der Waals surface area contributed by atoms with Crippen LogP contribution < -0.4 is 14.4 Å². The van der Waals surface area contributed by atoms with Crippen LogP contribution in [-0.2, 0) is 4.79 Å². The van der Waals surface area contributed by atoms with Crippen molar-refractivity contribution in [3.8, 4) is 11.5 Å². The van der Waals surface area contributed by atoms with E-state index < -0.39 is 0 Å². The summed E-state index contributed by atoms with van der Waals surface area (Å²) in [6.45, 7) is 0.797. The quantitative estimate of drug-likeness (QED) is 0.534. The van der Waals surface area contributed by atoms with Crippen LogP contribution in [0.1, 0.15) is 44.9 Å². The van der Waals surface area contributed by atoms with Crippen LogP contribution in [0, 0.1) is 5.41 Å². The third kappa shape index (κ3) is 5.38. The third-order valence-electron chi connectivity index (χ3n) is 6.84. The molecule has 0 N–H and O–H groups in total. The zero-order valence-electron chi connectivity index (χ0n) is 18.4. The Morgan fingerprint density at radius 3 is 2.32 bits per heavy atom. The van der Waals surface area contributed by atoms with Crippen molar-refractivity contribution in [2.75, 3.05) is 30.9 Å². The molecule has 166 valence electrons. The monoisotopic (exact) mass is 439 g/mol. The van der Waals surface area contributed by atoms with Gasteiger partial charge in [-0.2, -0.15) is 11.8 Å². The molecule has 5 heteroatoms. The number of hydrogen-bond donors (Lipinski definition) is 0. The van der Waals surface area contributed by atoms with Crippen molar-refractivity contribution in [3.63, 3.8) is 0 Å². The van der Waals surface area contributed by atoms with Gasteiger partial charge in [-0.25, -0.2) is 0 Å². The summed E-state index contributed by atoms with van der Waals surface area (Å²) in [5.41, 5.74) is 1.35. The van der Waals surface area contributed by atoms with Crippen LogP contribution in [0.25, 0.3) is 0 Å². The van der Waals surface area contributed by atoms with Crippen LogP contribution in [0.5, 0.6) is 11.5 Å². The van der Waals surface area contributed by atoms with Gasteiger partial charge in [-0.3, -0.25) is 4.79 Å². The van der Waals surface area contributed by atoms with Crippen molar-refractivity contribution in [2.24, 2.45) is 5.41 Å². The number of rotatable bonds is 7. The molecule has 1 atom stereocenters. The molecule has 0 aromatic heterocycles. The molecule has 4 rings (SSSR count). The zero-order valence-corrected chi connectivity index (χ0v) is 19.2. The van der Waals surface area contributed by atoms with Gasteiger partial charge >= 0.3 is 0 Å². The Labute approximate surface area is 190 Å². The lowest BCUT2D eigenvalue weighted by atomic mass is 9.75. The Bertz CT molecular complexity index is 831. The first-order valence-corrected chi connectivity index (χ1v) is 12.5. The molecule has 31 heavy (non-hydrogen) atoms. The van der Waals surface area contributed by atoms with E-state index >= 15 is 0 Å². The van der Waals surface area contributed by atoms with E-state index in [2.05, 4.69) is 11.8 Å². The number of amides is 1. The maximum absolute atomic E-state index is 13.3. The molecule has 1 heterocycles. The second-order valence-electron chi connectivity index (χ2n) is 8.69. The van der Waals surface area contributed by atoms with Gasteiger partial charge in [0.2, 0.25) is 0 Å². The van der Waals surface area contributed by atoms with Crippen LogP contribution in [-0.4, -0.2) is 37.2 Å². The fraction of sp³-hybridized carbons (Fsp3) is 0.500. The number of anilines is 1. The standard InChI is InChI=1S/C26H33NO3S/c1-29-22-11-13-23(14-12-22)30-20-25(28)27(21-9-5-4-6-10-21)19-24-26(17-18-31-24)15-7-2-3-8-16-26/h4-6,9-14,24H,2-3,7-8,15-20H2,1H3. The van der Waals surface area contributed by atoms with Gasteiger partial charge in [0.1, 0.15) is 11.5 Å². The van der Waals surface area contributed by atoms with Crippen molar-refractivity contribution >= 4 is 23.4 Å². The van der Waals surface area contributed by atoms with Crippen molar-refractivity contribution in [2.45, 2.75) is 50.2 Å².